The van der Waals surface area contributed by atoms with Crippen molar-refractivity contribution in [1.82, 2.24) is 0 Å². The molecule has 2 rings (SSSR count). The Morgan fingerprint density at radius 3 is 2.58 bits per heavy atom. The number of carbonyl (C=O) groups is 2. The number of carboxylic acid groups (broad SMARTS) is 1. The zero-order chi connectivity index (χ0) is 17.9. The number of rotatable bonds is 6. The molecule has 1 unspecified atom stereocenters. The summed E-state index contributed by atoms with van der Waals surface area (Å²) >= 11 is 1.36. The van der Waals surface area contributed by atoms with Crippen LogP contribution in [0.2, 0.25) is 0 Å². The van der Waals surface area contributed by atoms with Gasteiger partial charge in [0.1, 0.15) is 12.5 Å². The van der Waals surface area contributed by atoms with Gasteiger partial charge in [0.15, 0.2) is 0 Å². The summed E-state index contributed by atoms with van der Waals surface area (Å²) in [6.45, 7) is 7.08. The molecule has 0 amide bonds. The van der Waals surface area contributed by atoms with Crippen LogP contribution < -0.4 is 5.32 Å². The smallest absolute Gasteiger partial charge is 0.315 e. The Hall–Kier alpha value is -2.34. The first-order valence-corrected chi connectivity index (χ1v) is 8.46. The molecule has 0 saturated heterocycles. The number of hydrogen-bond donors (Lipinski definition) is 2. The van der Waals surface area contributed by atoms with Crippen LogP contribution >= 0.6 is 11.3 Å². The molecule has 0 spiro atoms. The topological polar surface area (TPSA) is 75.6 Å². The van der Waals surface area contributed by atoms with Gasteiger partial charge in [-0.1, -0.05) is 12.1 Å². The maximum Gasteiger partial charge on any atom is 0.315 e. The highest BCUT2D eigenvalue weighted by Gasteiger charge is 2.27. The SMILES string of the molecule is CC(=O)OCC(C(=O)O)c1scc(C)c1Nc1cccc(C)c1C. The third kappa shape index (κ3) is 3.94. The highest BCUT2D eigenvalue weighted by atomic mass is 32.1. The van der Waals surface area contributed by atoms with Gasteiger partial charge in [-0.2, -0.15) is 0 Å². The Bertz CT molecular complexity index is 766. The predicted octanol–water partition coefficient (Wildman–Crippen LogP) is 4.15. The van der Waals surface area contributed by atoms with Crippen LogP contribution in [0.25, 0.3) is 0 Å². The van der Waals surface area contributed by atoms with Gasteiger partial charge >= 0.3 is 11.9 Å². The van der Waals surface area contributed by atoms with Gasteiger partial charge in [0.25, 0.3) is 0 Å². The van der Waals surface area contributed by atoms with Crippen molar-refractivity contribution in [1.29, 1.82) is 0 Å². The lowest BCUT2D eigenvalue weighted by molar-refractivity contribution is -0.146. The maximum atomic E-state index is 11.6. The van der Waals surface area contributed by atoms with E-state index in [4.69, 9.17) is 4.74 Å². The monoisotopic (exact) mass is 347 g/mol. The molecule has 2 N–H and O–H groups in total. The van der Waals surface area contributed by atoms with Gasteiger partial charge < -0.3 is 15.2 Å². The van der Waals surface area contributed by atoms with Crippen molar-refractivity contribution in [2.45, 2.75) is 33.6 Å². The zero-order valence-electron chi connectivity index (χ0n) is 14.2. The highest BCUT2D eigenvalue weighted by molar-refractivity contribution is 7.11. The minimum absolute atomic E-state index is 0.175. The molecule has 0 aliphatic heterocycles. The van der Waals surface area contributed by atoms with Crippen LogP contribution in [-0.2, 0) is 14.3 Å². The van der Waals surface area contributed by atoms with Gasteiger partial charge in [0, 0.05) is 17.5 Å². The van der Waals surface area contributed by atoms with E-state index in [0.29, 0.717) is 4.88 Å². The molecule has 6 heteroatoms. The molecule has 1 atom stereocenters. The fourth-order valence-electron chi connectivity index (χ4n) is 2.36. The zero-order valence-corrected chi connectivity index (χ0v) is 15.0. The molecule has 0 aliphatic carbocycles. The van der Waals surface area contributed by atoms with E-state index in [1.807, 2.05) is 44.4 Å². The maximum absolute atomic E-state index is 11.6. The summed E-state index contributed by atoms with van der Waals surface area (Å²) in [7, 11) is 0. The highest BCUT2D eigenvalue weighted by Crippen LogP contribution is 2.37. The van der Waals surface area contributed by atoms with Crippen LogP contribution in [0.4, 0.5) is 11.4 Å². The van der Waals surface area contributed by atoms with E-state index in [2.05, 4.69) is 5.32 Å². The first-order chi connectivity index (χ1) is 11.3. The second-order valence-electron chi connectivity index (χ2n) is 5.72. The van der Waals surface area contributed by atoms with Gasteiger partial charge in [0.2, 0.25) is 0 Å². The number of nitrogens with one attached hydrogen (secondary N) is 1. The Labute approximate surface area is 145 Å². The van der Waals surface area contributed by atoms with Crippen LogP contribution in [-0.4, -0.2) is 23.7 Å². The van der Waals surface area contributed by atoms with Crippen molar-refractivity contribution in [3.05, 3.63) is 45.1 Å². The van der Waals surface area contributed by atoms with Crippen molar-refractivity contribution < 1.29 is 19.4 Å². The molecule has 0 fully saturated rings. The van der Waals surface area contributed by atoms with Gasteiger partial charge in [0.05, 0.1) is 5.69 Å². The van der Waals surface area contributed by atoms with E-state index in [-0.39, 0.29) is 6.61 Å². The number of anilines is 2. The van der Waals surface area contributed by atoms with Crippen molar-refractivity contribution in [2.75, 3.05) is 11.9 Å². The summed E-state index contributed by atoms with van der Waals surface area (Å²) in [6.07, 6.45) is 0. The molecule has 0 radical (unpaired) electrons. The summed E-state index contributed by atoms with van der Waals surface area (Å²) in [5.74, 6) is -2.39. The lowest BCUT2D eigenvalue weighted by atomic mass is 10.0. The Morgan fingerprint density at radius 2 is 1.96 bits per heavy atom. The fraction of sp³-hybridized carbons (Fsp3) is 0.333. The second-order valence-corrected chi connectivity index (χ2v) is 6.64. The number of hydrogen-bond acceptors (Lipinski definition) is 5. The van der Waals surface area contributed by atoms with E-state index in [0.717, 1.165) is 28.1 Å². The van der Waals surface area contributed by atoms with Crippen molar-refractivity contribution in [3.63, 3.8) is 0 Å². The average molecular weight is 347 g/mol. The lowest BCUT2D eigenvalue weighted by Crippen LogP contribution is -2.19. The van der Waals surface area contributed by atoms with Gasteiger partial charge in [-0.25, -0.2) is 0 Å². The molecule has 1 aromatic heterocycles. The van der Waals surface area contributed by atoms with Gasteiger partial charge in [-0.3, -0.25) is 9.59 Å². The van der Waals surface area contributed by atoms with Crippen LogP contribution in [0.15, 0.2) is 23.6 Å². The summed E-state index contributed by atoms with van der Waals surface area (Å²) in [6, 6.07) is 5.95. The van der Waals surface area contributed by atoms with Crippen LogP contribution in [0.3, 0.4) is 0 Å². The molecule has 1 aromatic carbocycles. The number of aliphatic carboxylic acids is 1. The molecule has 24 heavy (non-hydrogen) atoms. The van der Waals surface area contributed by atoms with Crippen LogP contribution in [0.1, 0.15) is 34.4 Å². The summed E-state index contributed by atoms with van der Waals surface area (Å²) in [5.41, 5.74) is 4.94. The molecular weight excluding hydrogens is 326 g/mol. The number of benzene rings is 1. The van der Waals surface area contributed by atoms with Gasteiger partial charge in [-0.05, 0) is 48.9 Å². The number of carboxylic acids is 1. The van der Waals surface area contributed by atoms with E-state index in [1.165, 1.54) is 18.3 Å². The third-order valence-corrected chi connectivity index (χ3v) is 5.15. The summed E-state index contributed by atoms with van der Waals surface area (Å²) in [4.78, 5) is 23.3. The first-order valence-electron chi connectivity index (χ1n) is 7.58. The lowest BCUT2D eigenvalue weighted by Gasteiger charge is -2.17. The van der Waals surface area contributed by atoms with Crippen LogP contribution in [0, 0.1) is 20.8 Å². The van der Waals surface area contributed by atoms with Crippen LogP contribution in [0.5, 0.6) is 0 Å². The molecular formula is C18H21NO4S. The van der Waals surface area contributed by atoms with E-state index in [9.17, 15) is 14.7 Å². The minimum atomic E-state index is -1.01. The van der Waals surface area contributed by atoms with E-state index in [1.54, 1.807) is 0 Å². The number of ether oxygens (including phenoxy) is 1. The van der Waals surface area contributed by atoms with Crippen molar-refractivity contribution in [3.8, 4) is 0 Å². The largest absolute Gasteiger partial charge is 0.481 e. The Kier molecular flexibility index (Phi) is 5.62. The third-order valence-electron chi connectivity index (χ3n) is 3.94. The molecule has 0 bridgehead atoms. The Morgan fingerprint density at radius 1 is 1.25 bits per heavy atom. The predicted molar refractivity (Wildman–Crippen MR) is 95.3 cm³/mol. The summed E-state index contributed by atoms with van der Waals surface area (Å²) in [5, 5.41) is 14.8. The number of carbonyl (C=O) groups excluding carboxylic acids is 1. The first kappa shape index (κ1) is 18.0. The molecule has 128 valence electrons. The molecule has 0 aliphatic rings. The van der Waals surface area contributed by atoms with E-state index >= 15 is 0 Å². The number of esters is 1. The van der Waals surface area contributed by atoms with E-state index < -0.39 is 17.9 Å². The van der Waals surface area contributed by atoms with Gasteiger partial charge in [-0.15, -0.1) is 11.3 Å². The second kappa shape index (κ2) is 7.49. The quantitative estimate of drug-likeness (QED) is 0.768. The Balaban J connectivity index is 2.37. The molecule has 0 saturated carbocycles. The standard InChI is InChI=1S/C18H21NO4S/c1-10-6-5-7-15(12(10)3)19-16-11(2)9-24-17(16)14(18(21)22)8-23-13(4)20/h5-7,9,14,19H,8H2,1-4H3,(H,21,22). The molecule has 1 heterocycles. The number of aryl methyl sites for hydroxylation is 2. The van der Waals surface area contributed by atoms with Crippen molar-refractivity contribution in [2.24, 2.45) is 0 Å². The minimum Gasteiger partial charge on any atom is -0.481 e. The normalized spacial score (nSPS) is 11.8. The molecule has 2 aromatic rings. The average Bonchev–Trinajstić information content (AvgIpc) is 2.85. The molecule has 5 nitrogen and oxygen atoms in total. The fourth-order valence-corrected chi connectivity index (χ4v) is 3.45. The summed E-state index contributed by atoms with van der Waals surface area (Å²) < 4.78 is 4.94. The number of thiophene rings is 1. The van der Waals surface area contributed by atoms with Crippen molar-refractivity contribution >= 4 is 34.7 Å².